The zero-order valence-corrected chi connectivity index (χ0v) is 14.9. The summed E-state index contributed by atoms with van der Waals surface area (Å²) in [5.74, 6) is 1.31. The van der Waals surface area contributed by atoms with Gasteiger partial charge in [0.15, 0.2) is 0 Å². The van der Waals surface area contributed by atoms with Crippen molar-refractivity contribution >= 4 is 17.4 Å². The van der Waals surface area contributed by atoms with Crippen LogP contribution in [0.4, 0.5) is 11.5 Å². The number of amides is 1. The van der Waals surface area contributed by atoms with Crippen molar-refractivity contribution in [3.8, 4) is 5.75 Å². The van der Waals surface area contributed by atoms with Crippen molar-refractivity contribution < 1.29 is 14.3 Å². The highest BCUT2D eigenvalue weighted by Gasteiger charge is 2.07. The van der Waals surface area contributed by atoms with Gasteiger partial charge in [-0.05, 0) is 56.7 Å². The minimum Gasteiger partial charge on any atom is -0.491 e. The van der Waals surface area contributed by atoms with Crippen LogP contribution in [0.3, 0.4) is 0 Å². The molecule has 1 amide bonds. The van der Waals surface area contributed by atoms with E-state index in [9.17, 15) is 4.79 Å². The van der Waals surface area contributed by atoms with Crippen molar-refractivity contribution in [1.29, 1.82) is 0 Å². The molecule has 0 radical (unpaired) electrons. The van der Waals surface area contributed by atoms with Crippen LogP contribution in [0, 0.1) is 0 Å². The highest BCUT2D eigenvalue weighted by atomic mass is 16.5. The van der Waals surface area contributed by atoms with Gasteiger partial charge in [0.1, 0.15) is 11.6 Å². The van der Waals surface area contributed by atoms with Gasteiger partial charge >= 0.3 is 0 Å². The Balaban J connectivity index is 1.95. The van der Waals surface area contributed by atoms with E-state index in [4.69, 9.17) is 9.47 Å². The van der Waals surface area contributed by atoms with E-state index < -0.39 is 0 Å². The Bertz CT molecular complexity index is 672. The maximum Gasteiger partial charge on any atom is 0.251 e. The lowest BCUT2D eigenvalue weighted by Crippen LogP contribution is -2.25. The molecular weight excluding hydrogens is 318 g/mol. The molecule has 0 aliphatic rings. The lowest BCUT2D eigenvalue weighted by atomic mass is 10.2. The minimum absolute atomic E-state index is 0.123. The molecule has 0 unspecified atom stereocenters. The van der Waals surface area contributed by atoms with E-state index >= 15 is 0 Å². The Hall–Kier alpha value is -2.60. The first kappa shape index (κ1) is 18.7. The Morgan fingerprint density at radius 3 is 2.64 bits per heavy atom. The summed E-state index contributed by atoms with van der Waals surface area (Å²) in [6.45, 7) is 5.18. The highest BCUT2D eigenvalue weighted by molar-refractivity contribution is 5.94. The summed E-state index contributed by atoms with van der Waals surface area (Å²) in [4.78, 5) is 16.4. The fraction of sp³-hybridized carbons (Fsp3) is 0.368. The summed E-state index contributed by atoms with van der Waals surface area (Å²) in [5, 5.41) is 6.05. The summed E-state index contributed by atoms with van der Waals surface area (Å²) in [5.41, 5.74) is 1.44. The van der Waals surface area contributed by atoms with Crippen LogP contribution in [0.15, 0.2) is 42.6 Å². The second kappa shape index (κ2) is 9.64. The number of benzene rings is 1. The molecule has 0 saturated carbocycles. The predicted octanol–water partition coefficient (Wildman–Crippen LogP) is 3.38. The monoisotopic (exact) mass is 343 g/mol. The van der Waals surface area contributed by atoms with Crippen molar-refractivity contribution in [3.05, 3.63) is 48.2 Å². The molecule has 25 heavy (non-hydrogen) atoms. The standard InChI is InChI=1S/C19H25N3O3/c1-14(2)25-17-7-5-16(6-8-17)22-18-13-15(9-11-20-18)19(23)21-10-4-12-24-3/h5-9,11,13-14H,4,10,12H2,1-3H3,(H,20,22)(H,21,23). The molecule has 1 aromatic carbocycles. The molecule has 2 rings (SSSR count). The van der Waals surface area contributed by atoms with Gasteiger partial charge in [-0.1, -0.05) is 0 Å². The highest BCUT2D eigenvalue weighted by Crippen LogP contribution is 2.20. The van der Waals surface area contributed by atoms with Gasteiger partial charge in [0, 0.05) is 37.7 Å². The molecular formula is C19H25N3O3. The molecule has 6 nitrogen and oxygen atoms in total. The number of rotatable bonds is 9. The predicted molar refractivity (Wildman–Crippen MR) is 98.6 cm³/mol. The van der Waals surface area contributed by atoms with Crippen LogP contribution in [0.2, 0.25) is 0 Å². The van der Waals surface area contributed by atoms with E-state index in [2.05, 4.69) is 15.6 Å². The zero-order valence-electron chi connectivity index (χ0n) is 14.9. The summed E-state index contributed by atoms with van der Waals surface area (Å²) in [6, 6.07) is 11.0. The molecule has 0 aliphatic heterocycles. The van der Waals surface area contributed by atoms with Crippen LogP contribution >= 0.6 is 0 Å². The molecule has 0 atom stereocenters. The average Bonchev–Trinajstić information content (AvgIpc) is 2.60. The molecule has 0 aliphatic carbocycles. The first-order valence-corrected chi connectivity index (χ1v) is 8.35. The largest absolute Gasteiger partial charge is 0.491 e. The quantitative estimate of drug-likeness (QED) is 0.683. The lowest BCUT2D eigenvalue weighted by molar-refractivity contribution is 0.0948. The number of hydrogen-bond donors (Lipinski definition) is 2. The number of anilines is 2. The van der Waals surface area contributed by atoms with E-state index in [-0.39, 0.29) is 12.0 Å². The molecule has 1 heterocycles. The van der Waals surface area contributed by atoms with Crippen LogP contribution in [0.1, 0.15) is 30.6 Å². The zero-order chi connectivity index (χ0) is 18.1. The molecule has 0 saturated heterocycles. The topological polar surface area (TPSA) is 72.5 Å². The van der Waals surface area contributed by atoms with Crippen LogP contribution in [-0.4, -0.2) is 37.3 Å². The third-order valence-corrected chi connectivity index (χ3v) is 3.33. The van der Waals surface area contributed by atoms with Gasteiger partial charge in [0.2, 0.25) is 0 Å². The normalized spacial score (nSPS) is 10.6. The van der Waals surface area contributed by atoms with Gasteiger partial charge in [0.05, 0.1) is 6.10 Å². The second-order valence-electron chi connectivity index (χ2n) is 5.85. The number of pyridine rings is 1. The van der Waals surface area contributed by atoms with Gasteiger partial charge in [-0.25, -0.2) is 4.98 Å². The summed E-state index contributed by atoms with van der Waals surface area (Å²) in [7, 11) is 1.64. The van der Waals surface area contributed by atoms with Crippen LogP contribution < -0.4 is 15.4 Å². The average molecular weight is 343 g/mol. The van der Waals surface area contributed by atoms with Crippen molar-refractivity contribution in [3.63, 3.8) is 0 Å². The van der Waals surface area contributed by atoms with E-state index in [1.54, 1.807) is 25.4 Å². The van der Waals surface area contributed by atoms with Gasteiger partial charge in [-0.15, -0.1) is 0 Å². The molecule has 2 aromatic rings. The second-order valence-corrected chi connectivity index (χ2v) is 5.85. The van der Waals surface area contributed by atoms with Crippen LogP contribution in [0.5, 0.6) is 5.75 Å². The SMILES string of the molecule is COCCCNC(=O)c1ccnc(Nc2ccc(OC(C)C)cc2)c1. The molecule has 6 heteroatoms. The first-order chi connectivity index (χ1) is 12.1. The van der Waals surface area contributed by atoms with E-state index in [1.807, 2.05) is 38.1 Å². The number of carbonyl (C=O) groups excluding carboxylic acids is 1. The fourth-order valence-corrected chi connectivity index (χ4v) is 2.20. The Morgan fingerprint density at radius 1 is 1.20 bits per heavy atom. The Labute approximate surface area is 148 Å². The lowest BCUT2D eigenvalue weighted by Gasteiger charge is -2.11. The first-order valence-electron chi connectivity index (χ1n) is 8.35. The third kappa shape index (κ3) is 6.43. The van der Waals surface area contributed by atoms with Crippen molar-refractivity contribution in [1.82, 2.24) is 10.3 Å². The van der Waals surface area contributed by atoms with E-state index in [0.29, 0.717) is 24.5 Å². The molecule has 2 N–H and O–H groups in total. The minimum atomic E-state index is -0.123. The van der Waals surface area contributed by atoms with Crippen molar-refractivity contribution in [2.24, 2.45) is 0 Å². The summed E-state index contributed by atoms with van der Waals surface area (Å²) in [6.07, 6.45) is 2.53. The maximum absolute atomic E-state index is 12.1. The number of aromatic nitrogens is 1. The third-order valence-electron chi connectivity index (χ3n) is 3.33. The number of carbonyl (C=O) groups is 1. The van der Waals surface area contributed by atoms with Crippen molar-refractivity contribution in [2.45, 2.75) is 26.4 Å². The summed E-state index contributed by atoms with van der Waals surface area (Å²) < 4.78 is 10.6. The maximum atomic E-state index is 12.1. The molecule has 1 aromatic heterocycles. The van der Waals surface area contributed by atoms with Crippen molar-refractivity contribution in [2.75, 3.05) is 25.6 Å². The van der Waals surface area contributed by atoms with Crippen LogP contribution in [0.25, 0.3) is 0 Å². The number of ether oxygens (including phenoxy) is 2. The number of methoxy groups -OCH3 is 1. The molecule has 0 spiro atoms. The van der Waals surface area contributed by atoms with Crippen LogP contribution in [-0.2, 0) is 4.74 Å². The van der Waals surface area contributed by atoms with Gasteiger partial charge < -0.3 is 20.1 Å². The summed E-state index contributed by atoms with van der Waals surface area (Å²) >= 11 is 0. The Kier molecular flexibility index (Phi) is 7.22. The fourth-order valence-electron chi connectivity index (χ4n) is 2.20. The van der Waals surface area contributed by atoms with Gasteiger partial charge in [-0.3, -0.25) is 4.79 Å². The smallest absolute Gasteiger partial charge is 0.251 e. The molecule has 0 fully saturated rings. The van der Waals surface area contributed by atoms with Gasteiger partial charge in [-0.2, -0.15) is 0 Å². The van der Waals surface area contributed by atoms with Gasteiger partial charge in [0.25, 0.3) is 5.91 Å². The number of nitrogens with zero attached hydrogens (tertiary/aromatic N) is 1. The molecule has 0 bridgehead atoms. The number of nitrogens with one attached hydrogen (secondary N) is 2. The van der Waals surface area contributed by atoms with E-state index in [1.165, 1.54) is 0 Å². The number of hydrogen-bond acceptors (Lipinski definition) is 5. The Morgan fingerprint density at radius 2 is 1.96 bits per heavy atom. The van der Waals surface area contributed by atoms with E-state index in [0.717, 1.165) is 17.9 Å². The molecule has 134 valence electrons.